The number of nitrogens with two attached hydrogens (primary N) is 1. The largest absolute Gasteiger partial charge is 0.478 e. The van der Waals surface area contributed by atoms with Crippen molar-refractivity contribution in [1.82, 2.24) is 0 Å². The quantitative estimate of drug-likeness (QED) is 0.808. The number of carboxylic acid groups (broad SMARTS) is 1. The summed E-state index contributed by atoms with van der Waals surface area (Å²) in [6.45, 7) is 0. The second-order valence-corrected chi connectivity index (χ2v) is 4.03. The molecule has 3 N–H and O–H groups in total. The van der Waals surface area contributed by atoms with Crippen molar-refractivity contribution in [3.8, 4) is 0 Å². The Hall–Kier alpha value is -1.18. The summed E-state index contributed by atoms with van der Waals surface area (Å²) in [6, 6.07) is 2.36. The van der Waals surface area contributed by atoms with Crippen LogP contribution in [0.4, 0.5) is 4.39 Å². The standard InChI is InChI=1S/C7H6FNO4S.ClH/c8-5-2-1-4(7(10)11)3-6(5)14(9,12)13;/h1-3H,(H,10,11)(H2,9,12,13);1H. The van der Waals surface area contributed by atoms with Gasteiger partial charge in [-0.2, -0.15) is 0 Å². The summed E-state index contributed by atoms with van der Waals surface area (Å²) in [6.07, 6.45) is 0. The maximum absolute atomic E-state index is 12.9. The predicted molar refractivity (Wildman–Crippen MR) is 52.0 cm³/mol. The second kappa shape index (κ2) is 4.56. The number of hydrogen-bond donors (Lipinski definition) is 2. The van der Waals surface area contributed by atoms with E-state index in [4.69, 9.17) is 5.11 Å². The normalized spacial score (nSPS) is 10.5. The number of benzene rings is 1. The average Bonchev–Trinajstić information content (AvgIpc) is 2.02. The smallest absolute Gasteiger partial charge is 0.335 e. The van der Waals surface area contributed by atoms with E-state index in [1.807, 2.05) is 0 Å². The number of carbonyl (C=O) groups is 1. The van der Waals surface area contributed by atoms with Gasteiger partial charge in [-0.05, 0) is 18.2 Å². The molecule has 8 heteroatoms. The first-order valence-corrected chi connectivity index (χ1v) is 4.92. The Morgan fingerprint density at radius 1 is 1.40 bits per heavy atom. The van der Waals surface area contributed by atoms with E-state index in [2.05, 4.69) is 5.14 Å². The molecule has 0 fully saturated rings. The highest BCUT2D eigenvalue weighted by Gasteiger charge is 2.16. The minimum Gasteiger partial charge on any atom is -0.478 e. The Bertz CT molecular complexity index is 488. The Morgan fingerprint density at radius 2 is 1.93 bits per heavy atom. The zero-order valence-corrected chi connectivity index (χ0v) is 8.81. The number of hydrogen-bond acceptors (Lipinski definition) is 3. The molecular formula is C7H7ClFNO4S. The third-order valence-corrected chi connectivity index (χ3v) is 2.41. The van der Waals surface area contributed by atoms with Crippen LogP contribution in [0.15, 0.2) is 23.1 Å². The summed E-state index contributed by atoms with van der Waals surface area (Å²) in [5.41, 5.74) is -0.338. The van der Waals surface area contributed by atoms with Crippen molar-refractivity contribution in [2.45, 2.75) is 4.90 Å². The van der Waals surface area contributed by atoms with Crippen molar-refractivity contribution in [1.29, 1.82) is 0 Å². The summed E-state index contributed by atoms with van der Waals surface area (Å²) < 4.78 is 34.4. The molecule has 0 amide bonds. The lowest BCUT2D eigenvalue weighted by Gasteiger charge is -2.01. The SMILES string of the molecule is Cl.NS(=O)(=O)c1cc(C(=O)O)ccc1F. The average molecular weight is 256 g/mol. The highest BCUT2D eigenvalue weighted by Crippen LogP contribution is 2.14. The van der Waals surface area contributed by atoms with Gasteiger partial charge in [0.2, 0.25) is 10.0 Å². The van der Waals surface area contributed by atoms with E-state index in [-0.39, 0.29) is 18.0 Å². The monoisotopic (exact) mass is 255 g/mol. The van der Waals surface area contributed by atoms with E-state index < -0.39 is 26.7 Å². The van der Waals surface area contributed by atoms with Crippen LogP contribution in [0.3, 0.4) is 0 Å². The first-order chi connectivity index (χ1) is 6.32. The third-order valence-electron chi connectivity index (χ3n) is 1.48. The predicted octanol–water partition coefficient (Wildman–Crippen LogP) is 0.593. The molecule has 84 valence electrons. The van der Waals surface area contributed by atoms with Gasteiger partial charge in [0.1, 0.15) is 10.7 Å². The molecule has 0 saturated heterocycles. The lowest BCUT2D eigenvalue weighted by molar-refractivity contribution is 0.0696. The molecule has 0 spiro atoms. The van der Waals surface area contributed by atoms with Crippen LogP contribution >= 0.6 is 12.4 Å². The number of carboxylic acids is 1. The molecule has 1 aromatic rings. The fraction of sp³-hybridized carbons (Fsp3) is 0. The van der Waals surface area contributed by atoms with Crippen LogP contribution in [0.2, 0.25) is 0 Å². The molecular weight excluding hydrogens is 249 g/mol. The first kappa shape index (κ1) is 13.8. The van der Waals surface area contributed by atoms with Crippen molar-refractivity contribution in [3.05, 3.63) is 29.6 Å². The summed E-state index contributed by atoms with van der Waals surface area (Å²) in [4.78, 5) is 9.61. The second-order valence-electron chi connectivity index (χ2n) is 2.50. The zero-order chi connectivity index (χ0) is 10.9. The summed E-state index contributed by atoms with van der Waals surface area (Å²) in [5.74, 6) is -2.42. The molecule has 0 radical (unpaired) electrons. The maximum Gasteiger partial charge on any atom is 0.335 e. The molecule has 0 aromatic heterocycles. The molecule has 0 aliphatic carbocycles. The van der Waals surface area contributed by atoms with Gasteiger partial charge < -0.3 is 5.11 Å². The third kappa shape index (κ3) is 3.15. The maximum atomic E-state index is 12.9. The zero-order valence-electron chi connectivity index (χ0n) is 7.18. The van der Waals surface area contributed by atoms with Crippen molar-refractivity contribution in [3.63, 3.8) is 0 Å². The number of primary sulfonamides is 1. The molecule has 0 bridgehead atoms. The Kier molecular flexibility index (Phi) is 4.20. The molecule has 5 nitrogen and oxygen atoms in total. The molecule has 0 aliphatic heterocycles. The number of sulfonamides is 1. The molecule has 1 aromatic carbocycles. The van der Waals surface area contributed by atoms with Gasteiger partial charge in [-0.15, -0.1) is 12.4 Å². The molecule has 0 atom stereocenters. The topological polar surface area (TPSA) is 97.5 Å². The Labute approximate surface area is 91.2 Å². The molecule has 0 saturated carbocycles. The minimum absolute atomic E-state index is 0. The minimum atomic E-state index is -4.23. The number of rotatable bonds is 2. The van der Waals surface area contributed by atoms with Gasteiger partial charge in [0.05, 0.1) is 5.56 Å². The first-order valence-electron chi connectivity index (χ1n) is 3.38. The fourth-order valence-electron chi connectivity index (χ4n) is 0.854. The van der Waals surface area contributed by atoms with E-state index in [1.165, 1.54) is 0 Å². The molecule has 15 heavy (non-hydrogen) atoms. The lowest BCUT2D eigenvalue weighted by Crippen LogP contribution is -2.15. The van der Waals surface area contributed by atoms with Crippen molar-refractivity contribution < 1.29 is 22.7 Å². The van der Waals surface area contributed by atoms with Crippen molar-refractivity contribution in [2.24, 2.45) is 5.14 Å². The van der Waals surface area contributed by atoms with Crippen LogP contribution in [-0.2, 0) is 10.0 Å². The van der Waals surface area contributed by atoms with E-state index in [1.54, 1.807) is 0 Å². The molecule has 0 heterocycles. The van der Waals surface area contributed by atoms with E-state index >= 15 is 0 Å². The summed E-state index contributed by atoms with van der Waals surface area (Å²) >= 11 is 0. The van der Waals surface area contributed by atoms with Crippen LogP contribution in [-0.4, -0.2) is 19.5 Å². The van der Waals surface area contributed by atoms with Crippen LogP contribution in [0.1, 0.15) is 10.4 Å². The van der Waals surface area contributed by atoms with Crippen LogP contribution < -0.4 is 5.14 Å². The van der Waals surface area contributed by atoms with Crippen LogP contribution in [0.25, 0.3) is 0 Å². The van der Waals surface area contributed by atoms with Gasteiger partial charge in [0.25, 0.3) is 0 Å². The van der Waals surface area contributed by atoms with Crippen molar-refractivity contribution in [2.75, 3.05) is 0 Å². The number of halogens is 2. The highest BCUT2D eigenvalue weighted by atomic mass is 35.5. The van der Waals surface area contributed by atoms with Crippen LogP contribution in [0, 0.1) is 5.82 Å². The van der Waals surface area contributed by atoms with Gasteiger partial charge in [-0.3, -0.25) is 0 Å². The lowest BCUT2D eigenvalue weighted by atomic mass is 10.2. The molecule has 0 aliphatic rings. The van der Waals surface area contributed by atoms with E-state index in [0.29, 0.717) is 6.07 Å². The fourth-order valence-corrected chi connectivity index (χ4v) is 1.49. The van der Waals surface area contributed by atoms with Crippen molar-refractivity contribution >= 4 is 28.4 Å². The Morgan fingerprint density at radius 3 is 2.33 bits per heavy atom. The van der Waals surface area contributed by atoms with E-state index in [0.717, 1.165) is 12.1 Å². The Balaban J connectivity index is 0.00000196. The van der Waals surface area contributed by atoms with E-state index in [9.17, 15) is 17.6 Å². The molecule has 0 unspecified atom stereocenters. The van der Waals surface area contributed by atoms with Crippen LogP contribution in [0.5, 0.6) is 0 Å². The highest BCUT2D eigenvalue weighted by molar-refractivity contribution is 7.89. The van der Waals surface area contributed by atoms with Gasteiger partial charge in [-0.1, -0.05) is 0 Å². The molecule has 1 rings (SSSR count). The van der Waals surface area contributed by atoms with Gasteiger partial charge in [-0.25, -0.2) is 22.7 Å². The van der Waals surface area contributed by atoms with Gasteiger partial charge in [0, 0.05) is 0 Å². The van der Waals surface area contributed by atoms with Gasteiger partial charge >= 0.3 is 5.97 Å². The van der Waals surface area contributed by atoms with Gasteiger partial charge in [0.15, 0.2) is 0 Å². The summed E-state index contributed by atoms with van der Waals surface area (Å²) in [5, 5.41) is 13.2. The summed E-state index contributed by atoms with van der Waals surface area (Å²) in [7, 11) is -4.23. The number of aromatic carboxylic acids is 1.